The van der Waals surface area contributed by atoms with E-state index in [-0.39, 0.29) is 30.1 Å². The van der Waals surface area contributed by atoms with Crippen LogP contribution in [0.15, 0.2) is 54.7 Å². The predicted molar refractivity (Wildman–Crippen MR) is 239 cm³/mol. The quantitative estimate of drug-likeness (QED) is 0.0393. The van der Waals surface area contributed by atoms with Gasteiger partial charge in [0.1, 0.15) is 6.61 Å². The number of unbranched alkanes of at least 4 members (excludes halogenated alkanes) is 18. The van der Waals surface area contributed by atoms with Gasteiger partial charge >= 0.3 is 17.9 Å². The van der Waals surface area contributed by atoms with E-state index >= 15 is 0 Å². The van der Waals surface area contributed by atoms with Gasteiger partial charge in [-0.1, -0.05) is 140 Å². The van der Waals surface area contributed by atoms with Crippen LogP contribution in [0.3, 0.4) is 0 Å². The van der Waals surface area contributed by atoms with Crippen LogP contribution in [0.2, 0.25) is 0 Å². The summed E-state index contributed by atoms with van der Waals surface area (Å²) in [7, 11) is 3.76. The minimum atomic E-state index is -1.15. The van der Waals surface area contributed by atoms with Crippen molar-refractivity contribution in [1.29, 1.82) is 0 Å². The molecule has 0 bridgehead atoms. The topological polar surface area (TPSA) is 104 Å². The van der Waals surface area contributed by atoms with Crippen molar-refractivity contribution in [3.05, 3.63) is 82.5 Å². The van der Waals surface area contributed by atoms with Gasteiger partial charge in [0.05, 0.1) is 17.5 Å². The zero-order chi connectivity index (χ0) is 41.8. The number of esters is 1. The van der Waals surface area contributed by atoms with Crippen LogP contribution in [0, 0.1) is 0 Å². The summed E-state index contributed by atoms with van der Waals surface area (Å²) >= 11 is 0. The molecule has 0 fully saturated rings. The molecular formula is C50H81NO6. The van der Waals surface area contributed by atoms with Crippen molar-refractivity contribution in [2.75, 3.05) is 20.6 Å². The van der Waals surface area contributed by atoms with Gasteiger partial charge in [0.2, 0.25) is 0 Å². The lowest BCUT2D eigenvalue weighted by atomic mass is 9.86. The Hall–Kier alpha value is -3.45. The van der Waals surface area contributed by atoms with Gasteiger partial charge in [-0.2, -0.15) is 0 Å². The monoisotopic (exact) mass is 792 g/mol. The van der Waals surface area contributed by atoms with Gasteiger partial charge in [0.15, 0.2) is 0 Å². The first-order valence-electron chi connectivity index (χ1n) is 22.8. The van der Waals surface area contributed by atoms with Crippen molar-refractivity contribution >= 4 is 17.9 Å². The highest BCUT2D eigenvalue weighted by molar-refractivity contribution is 5.98. The number of carbonyl (C=O) groups excluding carboxylic acids is 1. The minimum absolute atomic E-state index is 0.00938. The summed E-state index contributed by atoms with van der Waals surface area (Å²) in [5, 5.41) is 20.8. The molecule has 0 radical (unpaired) electrons. The molecule has 1 aromatic carbocycles. The molecule has 2 N–H and O–H groups in total. The zero-order valence-corrected chi connectivity index (χ0v) is 36.7. The second-order valence-electron chi connectivity index (χ2n) is 15.9. The van der Waals surface area contributed by atoms with E-state index in [0.717, 1.165) is 103 Å². The third-order valence-corrected chi connectivity index (χ3v) is 10.5. The van der Waals surface area contributed by atoms with Crippen LogP contribution in [-0.2, 0) is 29.0 Å². The molecule has 0 aromatic heterocycles. The van der Waals surface area contributed by atoms with Crippen LogP contribution >= 0.6 is 0 Å². The molecule has 0 spiro atoms. The summed E-state index contributed by atoms with van der Waals surface area (Å²) in [4.78, 5) is 39.9. The third-order valence-electron chi connectivity index (χ3n) is 10.5. The van der Waals surface area contributed by atoms with Crippen molar-refractivity contribution in [3.63, 3.8) is 0 Å². The molecule has 0 amide bonds. The van der Waals surface area contributed by atoms with E-state index in [0.29, 0.717) is 36.1 Å². The first-order chi connectivity index (χ1) is 27.7. The maximum atomic E-state index is 12.9. The van der Waals surface area contributed by atoms with Crippen LogP contribution < -0.4 is 0 Å². The third kappa shape index (κ3) is 27.0. The number of carboxylic acids is 2. The Bertz CT molecular complexity index is 1340. The molecule has 7 heteroatoms. The summed E-state index contributed by atoms with van der Waals surface area (Å²) < 4.78 is 5.59. The van der Waals surface area contributed by atoms with E-state index in [1.165, 1.54) is 51.4 Å². The highest BCUT2D eigenvalue weighted by Crippen LogP contribution is 2.29. The lowest BCUT2D eigenvalue weighted by molar-refractivity contribution is -0.145. The number of hydrogen-bond donors (Lipinski definition) is 2. The normalized spacial score (nSPS) is 12.0. The van der Waals surface area contributed by atoms with Crippen LogP contribution in [-0.4, -0.2) is 53.7 Å². The SMILES string of the molecule is CCCCC/C=C\C/C=C\CCCCCCCCc1c(COC(=O)CCN(C)C)cc(C(=O)O)c(CCCCCCCC/C=C\C/C=C\CCCCC)c1C(=O)O. The molecule has 7 nitrogen and oxygen atoms in total. The van der Waals surface area contributed by atoms with Gasteiger partial charge < -0.3 is 19.8 Å². The van der Waals surface area contributed by atoms with E-state index in [1.54, 1.807) is 6.07 Å². The second-order valence-corrected chi connectivity index (χ2v) is 15.9. The predicted octanol–water partition coefficient (Wildman–Crippen LogP) is 13.8. The Balaban J connectivity index is 2.77. The number of allylic oxidation sites excluding steroid dienone is 8. The average Bonchev–Trinajstić information content (AvgIpc) is 3.18. The zero-order valence-electron chi connectivity index (χ0n) is 36.7. The molecule has 0 saturated heterocycles. The molecule has 0 heterocycles. The van der Waals surface area contributed by atoms with Gasteiger partial charge in [0.25, 0.3) is 0 Å². The van der Waals surface area contributed by atoms with Crippen molar-refractivity contribution in [1.82, 2.24) is 4.90 Å². The standard InChI is InChI=1S/C50H81NO6/c1-5-7-9-11-13-15-17-19-21-23-25-27-29-31-33-35-37-44-43(42-57-47(52)39-40-51(3)4)41-46(49(53)54)45(48(44)50(55)56)38-36-34-32-30-28-26-24-22-20-18-16-14-12-10-8-6-2/h13-16,19-22,41H,5-12,17-18,23-40,42H2,1-4H3,(H,53,54)(H,55,56)/b15-13-,16-14-,21-19-,22-20-. The van der Waals surface area contributed by atoms with E-state index in [4.69, 9.17) is 4.74 Å². The molecule has 0 saturated carbocycles. The van der Waals surface area contributed by atoms with Crippen LogP contribution in [0.4, 0.5) is 0 Å². The van der Waals surface area contributed by atoms with Gasteiger partial charge in [-0.3, -0.25) is 4.79 Å². The molecule has 1 rings (SSSR count). The molecule has 322 valence electrons. The van der Waals surface area contributed by atoms with Gasteiger partial charge in [-0.15, -0.1) is 0 Å². The molecule has 0 aliphatic carbocycles. The maximum Gasteiger partial charge on any atom is 0.336 e. The van der Waals surface area contributed by atoms with Gasteiger partial charge in [0, 0.05) is 6.54 Å². The number of aromatic carboxylic acids is 2. The summed E-state index contributed by atoms with van der Waals surface area (Å²) in [6.07, 6.45) is 45.9. The summed E-state index contributed by atoms with van der Waals surface area (Å²) in [5.74, 6) is -2.64. The molecular weight excluding hydrogens is 711 g/mol. The Kier molecular flexibility index (Phi) is 32.3. The molecule has 0 unspecified atom stereocenters. The van der Waals surface area contributed by atoms with Crippen molar-refractivity contribution < 1.29 is 29.3 Å². The number of carboxylic acid groups (broad SMARTS) is 2. The van der Waals surface area contributed by atoms with Crippen LogP contribution in [0.1, 0.15) is 212 Å². The van der Waals surface area contributed by atoms with Gasteiger partial charge in [-0.25, -0.2) is 9.59 Å². The smallest absolute Gasteiger partial charge is 0.336 e. The van der Waals surface area contributed by atoms with Crippen molar-refractivity contribution in [3.8, 4) is 0 Å². The average molecular weight is 792 g/mol. The minimum Gasteiger partial charge on any atom is -0.478 e. The Morgan fingerprint density at radius 1 is 0.561 bits per heavy atom. The molecule has 1 aromatic rings. The maximum absolute atomic E-state index is 12.9. The number of carbonyl (C=O) groups is 3. The number of benzene rings is 1. The van der Waals surface area contributed by atoms with E-state index in [9.17, 15) is 24.6 Å². The summed E-state index contributed by atoms with van der Waals surface area (Å²) in [6, 6.07) is 1.57. The van der Waals surface area contributed by atoms with Crippen LogP contribution in [0.25, 0.3) is 0 Å². The molecule has 0 atom stereocenters. The summed E-state index contributed by atoms with van der Waals surface area (Å²) in [5.41, 5.74) is 1.62. The number of hydrogen-bond acceptors (Lipinski definition) is 5. The summed E-state index contributed by atoms with van der Waals surface area (Å²) in [6.45, 7) is 4.87. The molecule has 57 heavy (non-hydrogen) atoms. The van der Waals surface area contributed by atoms with Gasteiger partial charge in [-0.05, 0) is 127 Å². The Morgan fingerprint density at radius 2 is 0.982 bits per heavy atom. The highest BCUT2D eigenvalue weighted by Gasteiger charge is 2.25. The van der Waals surface area contributed by atoms with E-state index < -0.39 is 11.9 Å². The first kappa shape index (κ1) is 51.6. The fraction of sp³-hybridized carbons (Fsp3) is 0.660. The fourth-order valence-electron chi connectivity index (χ4n) is 7.07. The van der Waals surface area contributed by atoms with Crippen molar-refractivity contribution in [2.45, 2.75) is 194 Å². The highest BCUT2D eigenvalue weighted by atomic mass is 16.5. The number of nitrogens with zero attached hydrogens (tertiary/aromatic N) is 1. The Labute approximate surface area is 348 Å². The molecule has 0 aliphatic rings. The fourth-order valence-corrected chi connectivity index (χ4v) is 7.07. The number of rotatable bonds is 37. The lowest BCUT2D eigenvalue weighted by Crippen LogP contribution is -2.19. The van der Waals surface area contributed by atoms with Crippen LogP contribution in [0.5, 0.6) is 0 Å². The second kappa shape index (κ2) is 35.7. The first-order valence-corrected chi connectivity index (χ1v) is 22.8. The van der Waals surface area contributed by atoms with Crippen molar-refractivity contribution in [2.24, 2.45) is 0 Å². The van der Waals surface area contributed by atoms with E-state index in [1.807, 2.05) is 19.0 Å². The van der Waals surface area contributed by atoms with E-state index in [2.05, 4.69) is 62.5 Å². The number of ether oxygens (including phenoxy) is 1. The lowest BCUT2D eigenvalue weighted by Gasteiger charge is -2.20. The molecule has 0 aliphatic heterocycles. The largest absolute Gasteiger partial charge is 0.478 e. The Morgan fingerprint density at radius 3 is 1.40 bits per heavy atom.